The molecule has 3 atom stereocenters. The molecule has 0 unspecified atom stereocenters. The van der Waals surface area contributed by atoms with Crippen molar-refractivity contribution in [3.63, 3.8) is 0 Å². The fourth-order valence-electron chi connectivity index (χ4n) is 4.67. The molecule has 0 N–H and O–H groups in total. The highest BCUT2D eigenvalue weighted by atomic mass is 16.3. The molecule has 0 aromatic carbocycles. The molecular weight excluding hydrogens is 358 g/mol. The fourth-order valence-corrected chi connectivity index (χ4v) is 4.67. The first-order valence-electron chi connectivity index (χ1n) is 9.98. The van der Waals surface area contributed by atoms with Crippen molar-refractivity contribution in [3.8, 4) is 0 Å². The summed E-state index contributed by atoms with van der Waals surface area (Å²) in [5.41, 5.74) is 0.511. The molecule has 7 nitrogen and oxygen atoms in total. The normalized spacial score (nSPS) is 24.7. The van der Waals surface area contributed by atoms with E-state index in [-0.39, 0.29) is 42.3 Å². The summed E-state index contributed by atoms with van der Waals surface area (Å²) in [4.78, 5) is 43.9. The zero-order valence-electron chi connectivity index (χ0n) is 17.7. The molecule has 0 saturated carbocycles. The van der Waals surface area contributed by atoms with E-state index in [1.165, 1.54) is 0 Å². The summed E-state index contributed by atoms with van der Waals surface area (Å²) in [6, 6.07) is 1.52. The van der Waals surface area contributed by atoms with Gasteiger partial charge >= 0.3 is 0 Å². The van der Waals surface area contributed by atoms with Gasteiger partial charge in [0.2, 0.25) is 11.8 Å². The van der Waals surface area contributed by atoms with Crippen LogP contribution in [-0.4, -0.2) is 71.7 Å². The number of aryl methyl sites for hydroxylation is 2. The Hall–Kier alpha value is -2.31. The molecule has 3 amide bonds. The predicted octanol–water partition coefficient (Wildman–Crippen LogP) is 2.07. The van der Waals surface area contributed by atoms with E-state index >= 15 is 0 Å². The summed E-state index contributed by atoms with van der Waals surface area (Å²) in [5, 5.41) is 0. The molecule has 2 fully saturated rings. The van der Waals surface area contributed by atoms with Gasteiger partial charge in [-0.1, -0.05) is 13.8 Å². The molecule has 154 valence electrons. The summed E-state index contributed by atoms with van der Waals surface area (Å²) in [6.45, 7) is 8.30. The highest BCUT2D eigenvalue weighted by molar-refractivity contribution is 5.98. The second-order valence-electron chi connectivity index (χ2n) is 8.74. The van der Waals surface area contributed by atoms with Crippen molar-refractivity contribution in [2.75, 3.05) is 27.2 Å². The van der Waals surface area contributed by atoms with Crippen LogP contribution in [0.2, 0.25) is 0 Å². The van der Waals surface area contributed by atoms with Crippen LogP contribution in [0.4, 0.5) is 0 Å². The van der Waals surface area contributed by atoms with Crippen LogP contribution in [0.25, 0.3) is 0 Å². The van der Waals surface area contributed by atoms with Crippen molar-refractivity contribution in [3.05, 3.63) is 23.2 Å². The molecule has 1 aromatic heterocycles. The second-order valence-corrected chi connectivity index (χ2v) is 8.74. The van der Waals surface area contributed by atoms with E-state index in [9.17, 15) is 14.4 Å². The number of amides is 3. The zero-order valence-corrected chi connectivity index (χ0v) is 17.7. The lowest BCUT2D eigenvalue weighted by atomic mass is 9.91. The SMILES string of the molecule is Cc1cc(C(=O)N2CC(=O)N3[C@H](C[C@@H](C(=O)N(C)C)[C@H]3CC(C)C)C2)c(C)o1. The Balaban J connectivity index is 1.84. The Labute approximate surface area is 166 Å². The molecule has 2 aliphatic heterocycles. The van der Waals surface area contributed by atoms with E-state index in [1.807, 2.05) is 4.90 Å². The Kier molecular flexibility index (Phi) is 5.55. The smallest absolute Gasteiger partial charge is 0.257 e. The van der Waals surface area contributed by atoms with Gasteiger partial charge in [0.25, 0.3) is 5.91 Å². The summed E-state index contributed by atoms with van der Waals surface area (Å²) in [7, 11) is 3.52. The van der Waals surface area contributed by atoms with Gasteiger partial charge < -0.3 is 19.1 Å². The minimum Gasteiger partial charge on any atom is -0.466 e. The fraction of sp³-hybridized carbons (Fsp3) is 0.667. The largest absolute Gasteiger partial charge is 0.466 e. The van der Waals surface area contributed by atoms with Gasteiger partial charge in [-0.15, -0.1) is 0 Å². The van der Waals surface area contributed by atoms with Crippen LogP contribution in [0.1, 0.15) is 48.6 Å². The van der Waals surface area contributed by atoms with E-state index in [0.717, 1.165) is 6.42 Å². The quantitative estimate of drug-likeness (QED) is 0.790. The maximum Gasteiger partial charge on any atom is 0.257 e. The number of piperazine rings is 1. The zero-order chi connectivity index (χ0) is 20.7. The van der Waals surface area contributed by atoms with Crippen LogP contribution in [0.15, 0.2) is 10.5 Å². The average molecular weight is 389 g/mol. The Morgan fingerprint density at radius 3 is 2.50 bits per heavy atom. The van der Waals surface area contributed by atoms with Crippen molar-refractivity contribution in [1.29, 1.82) is 0 Å². The Morgan fingerprint density at radius 1 is 1.29 bits per heavy atom. The lowest BCUT2D eigenvalue weighted by Gasteiger charge is -2.40. The van der Waals surface area contributed by atoms with Gasteiger partial charge in [0, 0.05) is 26.7 Å². The van der Waals surface area contributed by atoms with Crippen LogP contribution < -0.4 is 0 Å². The van der Waals surface area contributed by atoms with Gasteiger partial charge in [-0.2, -0.15) is 0 Å². The first-order valence-corrected chi connectivity index (χ1v) is 9.98. The van der Waals surface area contributed by atoms with E-state index in [1.54, 1.807) is 43.8 Å². The minimum absolute atomic E-state index is 0.0521. The topological polar surface area (TPSA) is 74.1 Å². The number of hydrogen-bond donors (Lipinski definition) is 0. The molecule has 2 aliphatic rings. The molecule has 0 spiro atoms. The maximum absolute atomic E-state index is 13.0. The number of fused-ring (bicyclic) bond motifs is 1. The molecule has 3 heterocycles. The van der Waals surface area contributed by atoms with Crippen LogP contribution in [0.5, 0.6) is 0 Å². The summed E-state index contributed by atoms with van der Waals surface area (Å²) < 4.78 is 5.48. The van der Waals surface area contributed by atoms with Gasteiger partial charge in [-0.25, -0.2) is 0 Å². The third-order valence-electron chi connectivity index (χ3n) is 5.82. The second kappa shape index (κ2) is 7.60. The highest BCUT2D eigenvalue weighted by Crippen LogP contribution is 2.37. The lowest BCUT2D eigenvalue weighted by molar-refractivity contribution is -0.140. The number of rotatable bonds is 4. The standard InChI is InChI=1S/C21H31N3O4/c1-12(2)7-18-17(20(26)22(5)6)9-15-10-23(11-19(25)24(15)18)21(27)16-8-13(3)28-14(16)4/h8,12,15,17-18H,7,9-11H2,1-6H3/t15-,17-,18-/m1/s1. The number of nitrogens with zero attached hydrogens (tertiary/aromatic N) is 3. The number of furan rings is 1. The third kappa shape index (κ3) is 3.66. The van der Waals surface area contributed by atoms with E-state index in [4.69, 9.17) is 4.42 Å². The lowest BCUT2D eigenvalue weighted by Crippen LogP contribution is -2.58. The van der Waals surface area contributed by atoms with Crippen LogP contribution in [0.3, 0.4) is 0 Å². The van der Waals surface area contributed by atoms with Crippen LogP contribution in [-0.2, 0) is 9.59 Å². The van der Waals surface area contributed by atoms with Crippen molar-refractivity contribution >= 4 is 17.7 Å². The van der Waals surface area contributed by atoms with Crippen molar-refractivity contribution in [2.24, 2.45) is 11.8 Å². The average Bonchev–Trinajstić information content (AvgIpc) is 3.12. The number of carbonyl (C=O) groups is 3. The molecule has 28 heavy (non-hydrogen) atoms. The van der Waals surface area contributed by atoms with Gasteiger partial charge in [0.15, 0.2) is 0 Å². The first-order chi connectivity index (χ1) is 13.1. The molecule has 2 saturated heterocycles. The van der Waals surface area contributed by atoms with Crippen molar-refractivity contribution in [1.82, 2.24) is 14.7 Å². The van der Waals surface area contributed by atoms with Crippen LogP contribution >= 0.6 is 0 Å². The van der Waals surface area contributed by atoms with Gasteiger partial charge in [-0.3, -0.25) is 14.4 Å². The molecule has 7 heteroatoms. The molecule has 0 bridgehead atoms. The monoisotopic (exact) mass is 389 g/mol. The summed E-state index contributed by atoms with van der Waals surface area (Å²) >= 11 is 0. The predicted molar refractivity (Wildman–Crippen MR) is 105 cm³/mol. The third-order valence-corrected chi connectivity index (χ3v) is 5.82. The van der Waals surface area contributed by atoms with Gasteiger partial charge in [-0.05, 0) is 38.7 Å². The van der Waals surface area contributed by atoms with Crippen LogP contribution in [0, 0.1) is 25.7 Å². The molecule has 0 radical (unpaired) electrons. The number of hydrogen-bond acceptors (Lipinski definition) is 4. The maximum atomic E-state index is 13.0. The molecule has 3 rings (SSSR count). The summed E-state index contributed by atoms with van der Waals surface area (Å²) in [6.07, 6.45) is 1.40. The minimum atomic E-state index is -0.209. The number of carbonyl (C=O) groups excluding carboxylic acids is 3. The highest BCUT2D eigenvalue weighted by Gasteiger charge is 2.50. The van der Waals surface area contributed by atoms with Crippen molar-refractivity contribution < 1.29 is 18.8 Å². The van der Waals surface area contributed by atoms with E-state index < -0.39 is 0 Å². The molecular formula is C21H31N3O4. The Morgan fingerprint density at radius 2 is 1.96 bits per heavy atom. The van der Waals surface area contributed by atoms with E-state index in [0.29, 0.717) is 36.0 Å². The molecule has 1 aromatic rings. The van der Waals surface area contributed by atoms with Crippen molar-refractivity contribution in [2.45, 2.75) is 52.6 Å². The van der Waals surface area contributed by atoms with E-state index in [2.05, 4.69) is 13.8 Å². The van der Waals surface area contributed by atoms with Gasteiger partial charge in [0.1, 0.15) is 18.1 Å². The Bertz CT molecular complexity index is 783. The summed E-state index contributed by atoms with van der Waals surface area (Å²) in [5.74, 6) is 1.24. The first kappa shape index (κ1) is 20.4. The van der Waals surface area contributed by atoms with Gasteiger partial charge in [0.05, 0.1) is 17.5 Å². The molecule has 0 aliphatic carbocycles.